The van der Waals surface area contributed by atoms with Crippen LogP contribution in [0.3, 0.4) is 0 Å². The van der Waals surface area contributed by atoms with E-state index in [0.717, 1.165) is 39.1 Å². The predicted molar refractivity (Wildman–Crippen MR) is 142 cm³/mol. The molecule has 2 aromatic rings. The van der Waals surface area contributed by atoms with Crippen LogP contribution >= 0.6 is 11.6 Å². The number of nitrogens with zero attached hydrogens (tertiary/aromatic N) is 5. The number of benzene rings is 1. The first-order valence-corrected chi connectivity index (χ1v) is 13.0. The molecule has 10 heteroatoms. The van der Waals surface area contributed by atoms with Crippen molar-refractivity contribution >= 4 is 23.5 Å². The number of rotatable bonds is 8. The lowest BCUT2D eigenvalue weighted by Gasteiger charge is -2.63. The van der Waals surface area contributed by atoms with Crippen molar-refractivity contribution < 1.29 is 14.6 Å². The number of carbonyl (C=O) groups is 1. The van der Waals surface area contributed by atoms with Gasteiger partial charge in [0.1, 0.15) is 17.9 Å². The summed E-state index contributed by atoms with van der Waals surface area (Å²) >= 11 is 6.18. The van der Waals surface area contributed by atoms with E-state index >= 15 is 0 Å². The Balaban J connectivity index is 1.36. The molecule has 1 aromatic carbocycles. The lowest BCUT2D eigenvalue weighted by molar-refractivity contribution is -0.164. The summed E-state index contributed by atoms with van der Waals surface area (Å²) in [6.45, 7) is 12.8. The lowest BCUT2D eigenvalue weighted by atomic mass is 9.49. The third-order valence-electron chi connectivity index (χ3n) is 7.62. The maximum Gasteiger partial charge on any atom is 0.254 e. The normalized spacial score (nSPS) is 22.6. The van der Waals surface area contributed by atoms with Crippen molar-refractivity contribution in [2.75, 3.05) is 44.2 Å². The minimum absolute atomic E-state index is 0.141. The highest BCUT2D eigenvalue weighted by atomic mass is 35.5. The lowest BCUT2D eigenvalue weighted by Crippen LogP contribution is -2.74. The highest BCUT2D eigenvalue weighted by Crippen LogP contribution is 2.55. The molecule has 0 radical (unpaired) electrons. The molecule has 1 aliphatic heterocycles. The summed E-state index contributed by atoms with van der Waals surface area (Å²) in [6, 6.07) is 6.97. The van der Waals surface area contributed by atoms with Crippen molar-refractivity contribution in [3.8, 4) is 11.8 Å². The SMILES string of the molecule is CC1(C)C(NC(=O)c2cnc(N3CCN(CCCO)CC3)nc2)C(C)(C)C1Oc1ccc(C#N)c(Cl)c1. The zero-order chi connectivity index (χ0) is 26.8. The Bertz CT molecular complexity index is 1140. The highest BCUT2D eigenvalue weighted by molar-refractivity contribution is 6.31. The summed E-state index contributed by atoms with van der Waals surface area (Å²) in [5.74, 6) is 1.00. The Kier molecular flexibility index (Phi) is 7.93. The average molecular weight is 527 g/mol. The smallest absolute Gasteiger partial charge is 0.254 e. The van der Waals surface area contributed by atoms with Crippen molar-refractivity contribution in [3.05, 3.63) is 46.7 Å². The van der Waals surface area contributed by atoms with E-state index in [4.69, 9.17) is 26.7 Å². The van der Waals surface area contributed by atoms with Crippen molar-refractivity contribution in [1.82, 2.24) is 20.2 Å². The van der Waals surface area contributed by atoms with E-state index in [9.17, 15) is 4.79 Å². The molecule has 1 aliphatic carbocycles. The number of carbonyl (C=O) groups excluding carboxylic acids is 1. The van der Waals surface area contributed by atoms with Gasteiger partial charge in [0.2, 0.25) is 5.95 Å². The number of hydrogen-bond acceptors (Lipinski definition) is 8. The van der Waals surface area contributed by atoms with Crippen LogP contribution in [0.5, 0.6) is 5.75 Å². The van der Waals surface area contributed by atoms with E-state index in [1.165, 1.54) is 0 Å². The highest BCUT2D eigenvalue weighted by Gasteiger charge is 2.64. The fourth-order valence-corrected chi connectivity index (χ4v) is 6.09. The first-order valence-electron chi connectivity index (χ1n) is 12.6. The number of anilines is 1. The molecule has 0 atom stereocenters. The fraction of sp³-hybridized carbons (Fsp3) is 0.556. The van der Waals surface area contributed by atoms with Gasteiger partial charge < -0.3 is 20.1 Å². The topological polar surface area (TPSA) is 115 Å². The molecule has 4 rings (SSSR count). The summed E-state index contributed by atoms with van der Waals surface area (Å²) in [6.07, 6.45) is 3.78. The largest absolute Gasteiger partial charge is 0.489 e. The molecule has 1 aromatic heterocycles. The van der Waals surface area contributed by atoms with Crippen LogP contribution in [0.2, 0.25) is 5.02 Å². The summed E-state index contributed by atoms with van der Waals surface area (Å²) in [4.78, 5) is 26.5. The van der Waals surface area contributed by atoms with Crippen molar-refractivity contribution in [2.24, 2.45) is 10.8 Å². The van der Waals surface area contributed by atoms with Gasteiger partial charge >= 0.3 is 0 Å². The molecule has 198 valence electrons. The number of amides is 1. The van der Waals surface area contributed by atoms with Gasteiger partial charge in [-0.1, -0.05) is 39.3 Å². The number of aromatic nitrogens is 2. The Labute approximate surface area is 223 Å². The molecular formula is C27H35ClN6O3. The number of aliphatic hydroxyl groups is 1. The molecule has 0 spiro atoms. The van der Waals surface area contributed by atoms with Crippen molar-refractivity contribution in [2.45, 2.75) is 46.3 Å². The standard InChI is InChI=1S/C27H35ClN6O3/c1-26(2)23(27(3,4)24(26)37-20-7-6-18(15-29)21(28)14-20)32-22(36)19-16-30-25(31-17-19)34-11-9-33(10-12-34)8-5-13-35/h6-7,14,16-17,23-24,35H,5,8-13H2,1-4H3,(H,32,36). The molecule has 1 saturated heterocycles. The average Bonchev–Trinajstić information content (AvgIpc) is 2.89. The number of nitrogens with one attached hydrogen (secondary N) is 1. The van der Waals surface area contributed by atoms with E-state index in [1.807, 2.05) is 0 Å². The number of halogens is 1. The Morgan fingerprint density at radius 2 is 1.84 bits per heavy atom. The molecule has 1 amide bonds. The van der Waals surface area contributed by atoms with Crippen LogP contribution in [0.15, 0.2) is 30.6 Å². The van der Waals surface area contributed by atoms with E-state index in [1.54, 1.807) is 30.6 Å². The number of ether oxygens (including phenoxy) is 1. The Morgan fingerprint density at radius 1 is 1.19 bits per heavy atom. The van der Waals surface area contributed by atoms with Gasteiger partial charge in [-0.3, -0.25) is 9.69 Å². The number of aliphatic hydroxyl groups excluding tert-OH is 1. The Hall–Kier alpha value is -2.93. The summed E-state index contributed by atoms with van der Waals surface area (Å²) in [5.41, 5.74) is 0.117. The van der Waals surface area contributed by atoms with Crippen LogP contribution in [-0.4, -0.2) is 77.4 Å². The minimum Gasteiger partial charge on any atom is -0.489 e. The van der Waals surface area contributed by atoms with Crippen LogP contribution in [0.4, 0.5) is 5.95 Å². The predicted octanol–water partition coefficient (Wildman–Crippen LogP) is 3.12. The molecule has 9 nitrogen and oxygen atoms in total. The third kappa shape index (κ3) is 5.52. The molecule has 2 aliphatic rings. The first-order chi connectivity index (χ1) is 17.6. The fourth-order valence-electron chi connectivity index (χ4n) is 5.88. The third-order valence-corrected chi connectivity index (χ3v) is 7.93. The molecule has 2 fully saturated rings. The number of nitriles is 1. The summed E-state index contributed by atoms with van der Waals surface area (Å²) < 4.78 is 6.30. The van der Waals surface area contributed by atoms with Gasteiger partial charge in [-0.15, -0.1) is 0 Å². The molecule has 1 saturated carbocycles. The first kappa shape index (κ1) is 27.1. The van der Waals surface area contributed by atoms with Gasteiger partial charge in [0, 0.05) is 74.7 Å². The summed E-state index contributed by atoms with van der Waals surface area (Å²) in [5, 5.41) is 21.7. The quantitative estimate of drug-likeness (QED) is 0.539. The van der Waals surface area contributed by atoms with Crippen LogP contribution < -0.4 is 15.0 Å². The van der Waals surface area contributed by atoms with Crippen LogP contribution in [-0.2, 0) is 0 Å². The van der Waals surface area contributed by atoms with Crippen LogP contribution in [0.25, 0.3) is 0 Å². The molecule has 2 N–H and O–H groups in total. The molecule has 37 heavy (non-hydrogen) atoms. The van der Waals surface area contributed by atoms with Gasteiger partial charge in [0.15, 0.2) is 0 Å². The number of piperazine rings is 1. The van der Waals surface area contributed by atoms with Gasteiger partial charge in [-0.2, -0.15) is 5.26 Å². The van der Waals surface area contributed by atoms with Crippen LogP contribution in [0, 0.1) is 22.2 Å². The van der Waals surface area contributed by atoms with Crippen molar-refractivity contribution in [3.63, 3.8) is 0 Å². The van der Waals surface area contributed by atoms with E-state index in [2.05, 4.69) is 58.8 Å². The zero-order valence-electron chi connectivity index (χ0n) is 21.9. The molecular weight excluding hydrogens is 492 g/mol. The minimum atomic E-state index is -0.351. The van der Waals surface area contributed by atoms with E-state index in [0.29, 0.717) is 27.8 Å². The van der Waals surface area contributed by atoms with Crippen molar-refractivity contribution in [1.29, 1.82) is 5.26 Å². The van der Waals surface area contributed by atoms with Gasteiger partial charge in [-0.25, -0.2) is 9.97 Å². The van der Waals surface area contributed by atoms with Gasteiger partial charge in [0.25, 0.3) is 5.91 Å². The maximum absolute atomic E-state index is 13.1. The molecule has 2 heterocycles. The second-order valence-electron chi connectivity index (χ2n) is 11.0. The van der Waals surface area contributed by atoms with Gasteiger partial charge in [0.05, 0.1) is 16.1 Å². The second kappa shape index (κ2) is 10.8. The monoisotopic (exact) mass is 526 g/mol. The molecule has 0 bridgehead atoms. The van der Waals surface area contributed by atoms with Gasteiger partial charge in [-0.05, 0) is 18.6 Å². The second-order valence-corrected chi connectivity index (χ2v) is 11.4. The van der Waals surface area contributed by atoms with E-state index in [-0.39, 0.29) is 35.5 Å². The van der Waals surface area contributed by atoms with Crippen LogP contribution in [0.1, 0.15) is 50.0 Å². The summed E-state index contributed by atoms with van der Waals surface area (Å²) in [7, 11) is 0. The number of hydrogen-bond donors (Lipinski definition) is 2. The molecule has 0 unspecified atom stereocenters. The maximum atomic E-state index is 13.1. The Morgan fingerprint density at radius 3 is 2.41 bits per heavy atom. The van der Waals surface area contributed by atoms with E-state index < -0.39 is 0 Å². The zero-order valence-corrected chi connectivity index (χ0v) is 22.6.